The summed E-state index contributed by atoms with van der Waals surface area (Å²) in [5.41, 5.74) is 0. The Morgan fingerprint density at radius 1 is 1.47 bits per heavy atom. The number of halogens is 2. The molecular weight excluding hydrogens is 287 g/mol. The van der Waals surface area contributed by atoms with E-state index in [2.05, 4.69) is 15.9 Å². The van der Waals surface area contributed by atoms with E-state index in [9.17, 15) is 4.39 Å². The van der Waals surface area contributed by atoms with Gasteiger partial charge in [0.05, 0.1) is 12.7 Å². The van der Waals surface area contributed by atoms with Crippen LogP contribution in [0, 0.1) is 5.82 Å². The number of hydrogen-bond donors (Lipinski definition) is 0. The maximum atomic E-state index is 13.3. The Hall–Kier alpha value is -0.610. The summed E-state index contributed by atoms with van der Waals surface area (Å²) in [5, 5.41) is 0. The lowest BCUT2D eigenvalue weighted by atomic mass is 10.1. The predicted molar refractivity (Wildman–Crippen MR) is 67.8 cm³/mol. The van der Waals surface area contributed by atoms with E-state index in [0.717, 1.165) is 36.8 Å². The van der Waals surface area contributed by atoms with Crippen molar-refractivity contribution in [3.05, 3.63) is 28.5 Å². The van der Waals surface area contributed by atoms with Crippen LogP contribution in [0.2, 0.25) is 0 Å². The van der Waals surface area contributed by atoms with E-state index >= 15 is 0 Å². The molecule has 1 saturated heterocycles. The summed E-state index contributed by atoms with van der Waals surface area (Å²) in [7, 11) is 0. The molecule has 0 spiro atoms. The second-order valence-corrected chi connectivity index (χ2v) is 5.12. The van der Waals surface area contributed by atoms with E-state index in [0.29, 0.717) is 18.5 Å². The highest BCUT2D eigenvalue weighted by molar-refractivity contribution is 9.10. The molecule has 17 heavy (non-hydrogen) atoms. The van der Waals surface area contributed by atoms with Crippen LogP contribution in [0.5, 0.6) is 5.75 Å². The van der Waals surface area contributed by atoms with E-state index < -0.39 is 0 Å². The largest absolute Gasteiger partial charge is 0.490 e. The van der Waals surface area contributed by atoms with Gasteiger partial charge in [-0.2, -0.15) is 0 Å². The van der Waals surface area contributed by atoms with Crippen LogP contribution in [0.15, 0.2) is 22.7 Å². The topological polar surface area (TPSA) is 18.5 Å². The zero-order valence-corrected chi connectivity index (χ0v) is 11.2. The van der Waals surface area contributed by atoms with Gasteiger partial charge in [0.15, 0.2) is 11.6 Å². The van der Waals surface area contributed by atoms with Crippen LogP contribution < -0.4 is 4.74 Å². The van der Waals surface area contributed by atoms with Crippen molar-refractivity contribution >= 4 is 15.9 Å². The third-order valence-corrected chi connectivity index (χ3v) is 3.34. The summed E-state index contributed by atoms with van der Waals surface area (Å²) >= 11 is 3.29. The van der Waals surface area contributed by atoms with E-state index in [-0.39, 0.29) is 5.82 Å². The zero-order valence-electron chi connectivity index (χ0n) is 9.62. The van der Waals surface area contributed by atoms with Crippen molar-refractivity contribution in [1.29, 1.82) is 0 Å². The van der Waals surface area contributed by atoms with Crippen LogP contribution >= 0.6 is 15.9 Å². The lowest BCUT2D eigenvalue weighted by molar-refractivity contribution is 0.0979. The lowest BCUT2D eigenvalue weighted by Gasteiger charge is -2.10. The molecule has 0 bridgehead atoms. The van der Waals surface area contributed by atoms with Crippen LogP contribution in [0.1, 0.15) is 25.7 Å². The first-order valence-electron chi connectivity index (χ1n) is 5.95. The molecule has 94 valence electrons. The summed E-state index contributed by atoms with van der Waals surface area (Å²) in [6.45, 7) is 1.42. The molecular formula is C13H16BrFO2. The third-order valence-electron chi connectivity index (χ3n) is 2.85. The Morgan fingerprint density at radius 3 is 3.12 bits per heavy atom. The molecule has 1 aromatic rings. The van der Waals surface area contributed by atoms with Crippen molar-refractivity contribution in [1.82, 2.24) is 0 Å². The predicted octanol–water partition coefficient (Wildman–Crippen LogP) is 3.93. The molecule has 1 heterocycles. The molecule has 1 aromatic carbocycles. The highest BCUT2D eigenvalue weighted by Gasteiger charge is 2.14. The van der Waals surface area contributed by atoms with Crippen LogP contribution in [0.3, 0.4) is 0 Å². The van der Waals surface area contributed by atoms with Crippen molar-refractivity contribution < 1.29 is 13.9 Å². The first-order chi connectivity index (χ1) is 8.25. The minimum absolute atomic E-state index is 0.312. The summed E-state index contributed by atoms with van der Waals surface area (Å²) in [4.78, 5) is 0. The maximum absolute atomic E-state index is 13.3. The average Bonchev–Trinajstić information content (AvgIpc) is 2.82. The molecule has 0 radical (unpaired) electrons. The van der Waals surface area contributed by atoms with Gasteiger partial charge in [0.1, 0.15) is 0 Å². The highest BCUT2D eigenvalue weighted by Crippen LogP contribution is 2.23. The molecule has 4 heteroatoms. The number of ether oxygens (including phenoxy) is 2. The zero-order chi connectivity index (χ0) is 12.1. The molecule has 0 aromatic heterocycles. The quantitative estimate of drug-likeness (QED) is 0.767. The van der Waals surface area contributed by atoms with E-state index in [1.165, 1.54) is 6.07 Å². The summed E-state index contributed by atoms with van der Waals surface area (Å²) < 4.78 is 25.1. The van der Waals surface area contributed by atoms with Crippen molar-refractivity contribution in [2.24, 2.45) is 0 Å². The number of rotatable bonds is 5. The van der Waals surface area contributed by atoms with E-state index in [4.69, 9.17) is 9.47 Å². The molecule has 0 N–H and O–H groups in total. The fourth-order valence-corrected chi connectivity index (χ4v) is 2.29. The van der Waals surface area contributed by atoms with Gasteiger partial charge in [-0.15, -0.1) is 0 Å². The Bertz CT molecular complexity index is 364. The summed E-state index contributed by atoms with van der Waals surface area (Å²) in [6, 6.07) is 4.72. The SMILES string of the molecule is Fc1ccc(Br)cc1OCCCC1CCCO1. The Kier molecular flexibility index (Phi) is 4.80. The van der Waals surface area contributed by atoms with Crippen LogP contribution in [0.25, 0.3) is 0 Å². The second-order valence-electron chi connectivity index (χ2n) is 4.20. The van der Waals surface area contributed by atoms with Crippen molar-refractivity contribution in [3.63, 3.8) is 0 Å². The first-order valence-corrected chi connectivity index (χ1v) is 6.74. The average molecular weight is 303 g/mol. The minimum Gasteiger partial charge on any atom is -0.490 e. The number of hydrogen-bond acceptors (Lipinski definition) is 2. The minimum atomic E-state index is -0.315. The first kappa shape index (κ1) is 12.8. The molecule has 1 aliphatic rings. The molecule has 1 fully saturated rings. The van der Waals surface area contributed by atoms with Crippen LogP contribution in [-0.4, -0.2) is 19.3 Å². The Balaban J connectivity index is 1.72. The van der Waals surface area contributed by atoms with Gasteiger partial charge in [0.25, 0.3) is 0 Å². The van der Waals surface area contributed by atoms with Crippen LogP contribution in [-0.2, 0) is 4.74 Å². The normalized spacial score (nSPS) is 19.5. The summed E-state index contributed by atoms with van der Waals surface area (Å²) in [6.07, 6.45) is 4.58. The molecule has 0 amide bonds. The van der Waals surface area contributed by atoms with Gasteiger partial charge in [-0.3, -0.25) is 0 Å². The lowest BCUT2D eigenvalue weighted by Crippen LogP contribution is -2.08. The molecule has 1 aliphatic heterocycles. The molecule has 0 aliphatic carbocycles. The van der Waals surface area contributed by atoms with Crippen LogP contribution in [0.4, 0.5) is 4.39 Å². The van der Waals surface area contributed by atoms with Gasteiger partial charge >= 0.3 is 0 Å². The van der Waals surface area contributed by atoms with Gasteiger partial charge in [-0.05, 0) is 43.9 Å². The summed E-state index contributed by atoms with van der Waals surface area (Å²) in [5.74, 6) is -0.00275. The van der Waals surface area contributed by atoms with Gasteiger partial charge < -0.3 is 9.47 Å². The molecule has 0 saturated carbocycles. The van der Waals surface area contributed by atoms with E-state index in [1.54, 1.807) is 12.1 Å². The molecule has 1 atom stereocenters. The fourth-order valence-electron chi connectivity index (χ4n) is 1.95. The molecule has 2 nitrogen and oxygen atoms in total. The molecule has 1 unspecified atom stereocenters. The monoisotopic (exact) mass is 302 g/mol. The van der Waals surface area contributed by atoms with Gasteiger partial charge in [0.2, 0.25) is 0 Å². The molecule has 2 rings (SSSR count). The van der Waals surface area contributed by atoms with Crippen molar-refractivity contribution in [3.8, 4) is 5.75 Å². The third kappa shape index (κ3) is 3.96. The Morgan fingerprint density at radius 2 is 2.35 bits per heavy atom. The van der Waals surface area contributed by atoms with Crippen molar-refractivity contribution in [2.45, 2.75) is 31.8 Å². The fraction of sp³-hybridized carbons (Fsp3) is 0.538. The maximum Gasteiger partial charge on any atom is 0.165 e. The number of benzene rings is 1. The van der Waals surface area contributed by atoms with Crippen molar-refractivity contribution in [2.75, 3.05) is 13.2 Å². The standard InChI is InChI=1S/C13H16BrFO2/c14-10-5-6-12(15)13(9-10)17-8-2-4-11-3-1-7-16-11/h5-6,9,11H,1-4,7-8H2. The Labute approximate surface area is 109 Å². The highest BCUT2D eigenvalue weighted by atomic mass is 79.9. The second kappa shape index (κ2) is 6.36. The van der Waals surface area contributed by atoms with Gasteiger partial charge in [0, 0.05) is 11.1 Å². The van der Waals surface area contributed by atoms with E-state index in [1.807, 2.05) is 0 Å². The smallest absolute Gasteiger partial charge is 0.165 e. The van der Waals surface area contributed by atoms with Gasteiger partial charge in [-0.25, -0.2) is 4.39 Å². The van der Waals surface area contributed by atoms with Gasteiger partial charge in [-0.1, -0.05) is 15.9 Å².